The topological polar surface area (TPSA) is 89.7 Å². The second-order valence-electron chi connectivity index (χ2n) is 10.3. The first-order valence-corrected chi connectivity index (χ1v) is 12.0. The summed E-state index contributed by atoms with van der Waals surface area (Å²) in [7, 11) is 0. The quantitative estimate of drug-likeness (QED) is 0.484. The second-order valence-corrected chi connectivity index (χ2v) is 10.3. The van der Waals surface area contributed by atoms with Crippen molar-refractivity contribution in [3.8, 4) is 5.69 Å². The van der Waals surface area contributed by atoms with Gasteiger partial charge in [0.1, 0.15) is 5.39 Å². The molecule has 8 heteroatoms. The third-order valence-corrected chi connectivity index (χ3v) is 6.62. The Morgan fingerprint density at radius 3 is 2.74 bits per heavy atom. The largest absolute Gasteiger partial charge is 0.324 e. The number of fused-ring (bicyclic) bond motifs is 2. The molecule has 0 radical (unpaired) electrons. The van der Waals surface area contributed by atoms with E-state index >= 15 is 0 Å². The number of hydrogen-bond acceptors (Lipinski definition) is 6. The van der Waals surface area contributed by atoms with Crippen LogP contribution < -0.4 is 16.2 Å². The van der Waals surface area contributed by atoms with E-state index in [1.165, 1.54) is 11.1 Å². The van der Waals surface area contributed by atoms with E-state index in [-0.39, 0.29) is 17.0 Å². The number of anilines is 2. The van der Waals surface area contributed by atoms with Crippen molar-refractivity contribution < 1.29 is 0 Å². The molecule has 3 aromatic heterocycles. The standard InChI is InChI=1S/C26H29N7O/c1-26(2,3)22-13-20(9-11-28-22)32-23-21(24(34)33(32)19-6-7-19)15-29-25(31-23)30-18-5-4-17-14-27-10-8-16(17)12-18/h4-5,9,11-13,15,19,27H,6-8,10,14H2,1-3H3,(H,29,30,31). The first-order chi connectivity index (χ1) is 16.4. The summed E-state index contributed by atoms with van der Waals surface area (Å²) >= 11 is 0. The molecule has 1 fully saturated rings. The third-order valence-electron chi connectivity index (χ3n) is 6.62. The summed E-state index contributed by atoms with van der Waals surface area (Å²) in [4.78, 5) is 27.2. The smallest absolute Gasteiger partial charge is 0.278 e. The summed E-state index contributed by atoms with van der Waals surface area (Å²) in [6, 6.07) is 10.6. The van der Waals surface area contributed by atoms with Crippen molar-refractivity contribution in [2.75, 3.05) is 11.9 Å². The van der Waals surface area contributed by atoms with Crippen molar-refractivity contribution in [1.29, 1.82) is 0 Å². The summed E-state index contributed by atoms with van der Waals surface area (Å²) in [5.74, 6) is 0.480. The van der Waals surface area contributed by atoms with Crippen LogP contribution in [0.15, 0.2) is 47.5 Å². The summed E-state index contributed by atoms with van der Waals surface area (Å²) in [6.07, 6.45) is 6.46. The highest BCUT2D eigenvalue weighted by Gasteiger charge is 2.31. The maximum Gasteiger partial charge on any atom is 0.278 e. The van der Waals surface area contributed by atoms with Crippen molar-refractivity contribution in [2.24, 2.45) is 0 Å². The Balaban J connectivity index is 1.46. The highest BCUT2D eigenvalue weighted by molar-refractivity contribution is 5.77. The second kappa shape index (κ2) is 7.77. The third kappa shape index (κ3) is 3.68. The number of pyridine rings is 1. The van der Waals surface area contributed by atoms with Crippen LogP contribution >= 0.6 is 0 Å². The van der Waals surface area contributed by atoms with Crippen LogP contribution in [0, 0.1) is 0 Å². The molecule has 1 aliphatic heterocycles. The fourth-order valence-corrected chi connectivity index (χ4v) is 4.60. The molecule has 0 bridgehead atoms. The molecule has 2 aliphatic rings. The van der Waals surface area contributed by atoms with E-state index in [9.17, 15) is 4.79 Å². The fraction of sp³-hybridized carbons (Fsp3) is 0.385. The van der Waals surface area contributed by atoms with Crippen molar-refractivity contribution >= 4 is 22.7 Å². The van der Waals surface area contributed by atoms with Gasteiger partial charge in [-0.25, -0.2) is 14.3 Å². The predicted octanol–water partition coefficient (Wildman–Crippen LogP) is 4.00. The van der Waals surface area contributed by atoms with Crippen molar-refractivity contribution in [2.45, 2.75) is 58.0 Å². The molecule has 0 saturated heterocycles. The van der Waals surface area contributed by atoms with Gasteiger partial charge in [-0.1, -0.05) is 26.8 Å². The van der Waals surface area contributed by atoms with Gasteiger partial charge in [-0.15, -0.1) is 0 Å². The van der Waals surface area contributed by atoms with E-state index < -0.39 is 0 Å². The minimum Gasteiger partial charge on any atom is -0.324 e. The molecule has 0 amide bonds. The van der Waals surface area contributed by atoms with Gasteiger partial charge in [-0.2, -0.15) is 4.98 Å². The molecule has 0 spiro atoms. The molecule has 8 nitrogen and oxygen atoms in total. The van der Waals surface area contributed by atoms with Gasteiger partial charge < -0.3 is 10.6 Å². The summed E-state index contributed by atoms with van der Waals surface area (Å²) in [6.45, 7) is 8.31. The Bertz CT molecular complexity index is 1460. The van der Waals surface area contributed by atoms with Gasteiger partial charge in [0.05, 0.1) is 11.7 Å². The number of nitrogens with one attached hydrogen (secondary N) is 2. The zero-order chi connectivity index (χ0) is 23.4. The number of rotatable bonds is 4. The number of nitrogens with zero attached hydrogens (tertiary/aromatic N) is 5. The maximum absolute atomic E-state index is 13.3. The summed E-state index contributed by atoms with van der Waals surface area (Å²) in [5.41, 5.74) is 5.95. The lowest BCUT2D eigenvalue weighted by molar-refractivity contribution is 0.549. The van der Waals surface area contributed by atoms with Gasteiger partial charge in [0.2, 0.25) is 5.95 Å². The highest BCUT2D eigenvalue weighted by Crippen LogP contribution is 2.36. The van der Waals surface area contributed by atoms with E-state index in [0.29, 0.717) is 17.0 Å². The van der Waals surface area contributed by atoms with Gasteiger partial charge in [-0.05, 0) is 61.2 Å². The van der Waals surface area contributed by atoms with E-state index in [1.54, 1.807) is 6.20 Å². The van der Waals surface area contributed by atoms with Gasteiger partial charge in [0.25, 0.3) is 5.56 Å². The molecule has 174 valence electrons. The lowest BCUT2D eigenvalue weighted by Crippen LogP contribution is -2.23. The Hall–Kier alpha value is -3.52. The Labute approximate surface area is 198 Å². The minimum atomic E-state index is -0.104. The Kier molecular flexibility index (Phi) is 4.81. The monoisotopic (exact) mass is 455 g/mol. The first-order valence-electron chi connectivity index (χ1n) is 12.0. The average Bonchev–Trinajstić information content (AvgIpc) is 3.62. The van der Waals surface area contributed by atoms with E-state index in [1.807, 2.05) is 21.6 Å². The highest BCUT2D eigenvalue weighted by atomic mass is 16.1. The maximum atomic E-state index is 13.3. The SMILES string of the molecule is CC(C)(C)c1cc(-n2c3nc(Nc4ccc5c(c4)CCNC5)ncc3c(=O)n2C2CC2)ccn1. The average molecular weight is 456 g/mol. The lowest BCUT2D eigenvalue weighted by Gasteiger charge is -2.19. The van der Waals surface area contributed by atoms with Gasteiger partial charge in [0.15, 0.2) is 5.65 Å². The predicted molar refractivity (Wildman–Crippen MR) is 133 cm³/mol. The van der Waals surface area contributed by atoms with Crippen LogP contribution in [-0.4, -0.2) is 30.9 Å². The Morgan fingerprint density at radius 1 is 1.09 bits per heavy atom. The van der Waals surface area contributed by atoms with Crippen LogP contribution in [-0.2, 0) is 18.4 Å². The molecule has 0 atom stereocenters. The van der Waals surface area contributed by atoms with Gasteiger partial charge >= 0.3 is 0 Å². The van der Waals surface area contributed by atoms with E-state index in [0.717, 1.165) is 49.4 Å². The molecule has 1 aliphatic carbocycles. The van der Waals surface area contributed by atoms with Crippen LogP contribution in [0.5, 0.6) is 0 Å². The zero-order valence-electron chi connectivity index (χ0n) is 19.8. The minimum absolute atomic E-state index is 0.0422. The number of hydrogen-bond donors (Lipinski definition) is 2. The zero-order valence-corrected chi connectivity index (χ0v) is 19.8. The molecule has 1 aromatic carbocycles. The lowest BCUT2D eigenvalue weighted by atomic mass is 9.91. The molecule has 2 N–H and O–H groups in total. The van der Waals surface area contributed by atoms with Crippen molar-refractivity contribution in [1.82, 2.24) is 29.6 Å². The first kappa shape index (κ1) is 21.0. The van der Waals surface area contributed by atoms with Gasteiger partial charge in [-0.3, -0.25) is 9.78 Å². The normalized spacial score (nSPS) is 16.0. The molecule has 0 unspecified atom stereocenters. The van der Waals surface area contributed by atoms with Gasteiger partial charge in [0, 0.05) is 35.7 Å². The van der Waals surface area contributed by atoms with E-state index in [4.69, 9.17) is 4.98 Å². The molecule has 6 rings (SSSR count). The van der Waals surface area contributed by atoms with Crippen LogP contribution in [0.1, 0.15) is 56.5 Å². The number of benzene rings is 1. The van der Waals surface area contributed by atoms with Crippen LogP contribution in [0.2, 0.25) is 0 Å². The fourth-order valence-electron chi connectivity index (χ4n) is 4.60. The molecular formula is C26H29N7O. The van der Waals surface area contributed by atoms with Crippen molar-refractivity contribution in [3.63, 3.8) is 0 Å². The van der Waals surface area contributed by atoms with Crippen LogP contribution in [0.3, 0.4) is 0 Å². The van der Waals surface area contributed by atoms with Crippen molar-refractivity contribution in [3.05, 3.63) is 69.9 Å². The van der Waals surface area contributed by atoms with E-state index in [2.05, 4.69) is 65.6 Å². The summed E-state index contributed by atoms with van der Waals surface area (Å²) in [5, 5.41) is 7.29. The molecule has 34 heavy (non-hydrogen) atoms. The Morgan fingerprint density at radius 2 is 1.94 bits per heavy atom. The molecule has 4 aromatic rings. The number of aromatic nitrogens is 5. The van der Waals surface area contributed by atoms with Crippen LogP contribution in [0.4, 0.5) is 11.6 Å². The van der Waals surface area contributed by atoms with Crippen LogP contribution in [0.25, 0.3) is 16.7 Å². The molecule has 1 saturated carbocycles. The molecule has 4 heterocycles. The molecular weight excluding hydrogens is 426 g/mol. The summed E-state index contributed by atoms with van der Waals surface area (Å²) < 4.78 is 3.80.